The number of aryl methyl sites for hydroxylation is 1. The van der Waals surface area contributed by atoms with E-state index in [0.717, 1.165) is 21.7 Å². The topological polar surface area (TPSA) is 51.7 Å². The van der Waals surface area contributed by atoms with Gasteiger partial charge in [-0.3, -0.25) is 4.98 Å². The lowest BCUT2D eigenvalue weighted by molar-refractivity contribution is 0.0600. The van der Waals surface area contributed by atoms with Crippen molar-refractivity contribution in [3.05, 3.63) is 82.6 Å². The second-order valence-corrected chi connectivity index (χ2v) is 8.67. The number of benzene rings is 2. The van der Waals surface area contributed by atoms with E-state index in [-0.39, 0.29) is 13.2 Å². The summed E-state index contributed by atoms with van der Waals surface area (Å²) in [6, 6.07) is 14.4. The fourth-order valence-corrected chi connectivity index (χ4v) is 4.09. The molecule has 3 rings (SSSR count). The SMILES string of the molecule is COC(=O)c1ccc(COc2cc(Cl)c(C)cc2N(C[C@@H](C)F)Sc2cccnc2)cc1. The van der Waals surface area contributed by atoms with Crippen LogP contribution in [0, 0.1) is 6.92 Å². The summed E-state index contributed by atoms with van der Waals surface area (Å²) in [4.78, 5) is 16.6. The molecule has 0 aliphatic carbocycles. The van der Waals surface area contributed by atoms with Crippen LogP contribution in [-0.2, 0) is 11.3 Å². The summed E-state index contributed by atoms with van der Waals surface area (Å²) < 4.78 is 26.7. The minimum absolute atomic E-state index is 0.158. The van der Waals surface area contributed by atoms with Crippen molar-refractivity contribution in [3.8, 4) is 5.75 Å². The van der Waals surface area contributed by atoms with E-state index in [4.69, 9.17) is 21.1 Å². The number of ether oxygens (including phenoxy) is 2. The lowest BCUT2D eigenvalue weighted by Crippen LogP contribution is -2.23. The van der Waals surface area contributed by atoms with E-state index in [9.17, 15) is 9.18 Å². The molecular weight excluding hydrogens is 451 g/mol. The molecule has 32 heavy (non-hydrogen) atoms. The third kappa shape index (κ3) is 6.37. The van der Waals surface area contributed by atoms with Gasteiger partial charge in [-0.05, 0) is 67.3 Å². The number of methoxy groups -OCH3 is 1. The van der Waals surface area contributed by atoms with Gasteiger partial charge in [0.2, 0.25) is 0 Å². The summed E-state index contributed by atoms with van der Waals surface area (Å²) >= 11 is 7.75. The number of nitrogens with zero attached hydrogens (tertiary/aromatic N) is 2. The van der Waals surface area contributed by atoms with E-state index in [2.05, 4.69) is 4.98 Å². The Morgan fingerprint density at radius 2 is 2.00 bits per heavy atom. The Morgan fingerprint density at radius 3 is 2.62 bits per heavy atom. The van der Waals surface area contributed by atoms with Crippen LogP contribution in [0.5, 0.6) is 5.75 Å². The molecule has 168 valence electrons. The van der Waals surface area contributed by atoms with Crippen molar-refractivity contribution >= 4 is 35.2 Å². The Morgan fingerprint density at radius 1 is 1.25 bits per heavy atom. The molecule has 5 nitrogen and oxygen atoms in total. The van der Waals surface area contributed by atoms with Crippen LogP contribution in [0.2, 0.25) is 5.02 Å². The predicted octanol–water partition coefficient (Wildman–Crippen LogP) is 6.28. The van der Waals surface area contributed by atoms with Crippen molar-refractivity contribution in [2.24, 2.45) is 0 Å². The number of aromatic nitrogens is 1. The summed E-state index contributed by atoms with van der Waals surface area (Å²) in [7, 11) is 1.34. The highest BCUT2D eigenvalue weighted by molar-refractivity contribution is 8.00. The van der Waals surface area contributed by atoms with Crippen LogP contribution in [0.15, 0.2) is 65.8 Å². The van der Waals surface area contributed by atoms with Crippen LogP contribution in [0.4, 0.5) is 10.1 Å². The van der Waals surface area contributed by atoms with Gasteiger partial charge in [0.1, 0.15) is 18.5 Å². The van der Waals surface area contributed by atoms with Gasteiger partial charge in [0.25, 0.3) is 0 Å². The minimum atomic E-state index is -1.06. The van der Waals surface area contributed by atoms with Crippen molar-refractivity contribution < 1.29 is 18.7 Å². The number of alkyl halides is 1. The first-order valence-electron chi connectivity index (χ1n) is 9.97. The molecule has 0 N–H and O–H groups in total. The molecule has 3 aromatic rings. The number of carbonyl (C=O) groups excluding carboxylic acids is 1. The van der Waals surface area contributed by atoms with Crippen molar-refractivity contribution in [1.29, 1.82) is 0 Å². The van der Waals surface area contributed by atoms with Crippen LogP contribution < -0.4 is 9.04 Å². The van der Waals surface area contributed by atoms with Gasteiger partial charge < -0.3 is 13.8 Å². The maximum atomic E-state index is 14.1. The zero-order valence-electron chi connectivity index (χ0n) is 18.0. The molecule has 8 heteroatoms. The van der Waals surface area contributed by atoms with Crippen LogP contribution in [0.25, 0.3) is 0 Å². The zero-order chi connectivity index (χ0) is 23.1. The van der Waals surface area contributed by atoms with Gasteiger partial charge in [0.15, 0.2) is 0 Å². The first kappa shape index (κ1) is 23.9. The monoisotopic (exact) mass is 474 g/mol. The molecule has 0 saturated carbocycles. The highest BCUT2D eigenvalue weighted by Gasteiger charge is 2.19. The molecule has 2 aromatic carbocycles. The van der Waals surface area contributed by atoms with E-state index in [1.807, 2.05) is 29.4 Å². The lowest BCUT2D eigenvalue weighted by atomic mass is 10.1. The molecule has 1 aromatic heterocycles. The number of pyridine rings is 1. The van der Waals surface area contributed by atoms with Crippen LogP contribution >= 0.6 is 23.5 Å². The van der Waals surface area contributed by atoms with Gasteiger partial charge >= 0.3 is 5.97 Å². The summed E-state index contributed by atoms with van der Waals surface area (Å²) in [5.74, 6) is 0.142. The van der Waals surface area contributed by atoms with Crippen molar-refractivity contribution in [2.45, 2.75) is 31.5 Å². The second kappa shape index (κ2) is 11.2. The van der Waals surface area contributed by atoms with E-state index in [0.29, 0.717) is 16.3 Å². The average Bonchev–Trinajstić information content (AvgIpc) is 2.79. The molecule has 0 fully saturated rings. The van der Waals surface area contributed by atoms with E-state index >= 15 is 0 Å². The standard InChI is InChI=1S/C24H24ClFN2O3S/c1-16-11-22(28(14-17(2)26)32-20-5-4-10-27-13-20)23(12-21(16)25)31-15-18-6-8-19(9-7-18)24(29)30-3/h4-13,17H,14-15H2,1-3H3/t17-/m1/s1. The molecular formula is C24H24ClFN2O3S. The zero-order valence-corrected chi connectivity index (χ0v) is 19.6. The minimum Gasteiger partial charge on any atom is -0.487 e. The molecule has 1 atom stereocenters. The fourth-order valence-electron chi connectivity index (χ4n) is 2.92. The quantitative estimate of drug-likeness (QED) is 0.268. The van der Waals surface area contributed by atoms with Crippen LogP contribution in [-0.4, -0.2) is 30.8 Å². The number of anilines is 1. The number of rotatable bonds is 9. The van der Waals surface area contributed by atoms with E-state index < -0.39 is 12.1 Å². The van der Waals surface area contributed by atoms with Gasteiger partial charge in [-0.1, -0.05) is 23.7 Å². The third-order valence-corrected chi connectivity index (χ3v) is 5.97. The Balaban J connectivity index is 1.86. The van der Waals surface area contributed by atoms with Gasteiger partial charge in [-0.15, -0.1) is 0 Å². The van der Waals surface area contributed by atoms with Crippen LogP contribution in [0.3, 0.4) is 0 Å². The Bertz CT molecular complexity index is 1050. The van der Waals surface area contributed by atoms with Gasteiger partial charge in [0.05, 0.1) is 24.9 Å². The fraction of sp³-hybridized carbons (Fsp3) is 0.250. The maximum absolute atomic E-state index is 14.1. The Kier molecular flexibility index (Phi) is 8.36. The second-order valence-electron chi connectivity index (χ2n) is 7.17. The molecule has 0 bridgehead atoms. The van der Waals surface area contributed by atoms with Crippen LogP contribution in [0.1, 0.15) is 28.4 Å². The highest BCUT2D eigenvalue weighted by atomic mass is 35.5. The first-order valence-corrected chi connectivity index (χ1v) is 11.1. The van der Waals surface area contributed by atoms with Crippen molar-refractivity contribution in [2.75, 3.05) is 18.0 Å². The molecule has 0 aliphatic rings. The van der Waals surface area contributed by atoms with Gasteiger partial charge in [-0.2, -0.15) is 0 Å². The van der Waals surface area contributed by atoms with Crippen molar-refractivity contribution in [3.63, 3.8) is 0 Å². The predicted molar refractivity (Wildman–Crippen MR) is 126 cm³/mol. The van der Waals surface area contributed by atoms with E-state index in [1.54, 1.807) is 42.7 Å². The summed E-state index contributed by atoms with van der Waals surface area (Å²) in [5, 5.41) is 0.560. The Hall–Kier alpha value is -2.77. The summed E-state index contributed by atoms with van der Waals surface area (Å²) in [6.45, 7) is 3.82. The number of hydrogen-bond acceptors (Lipinski definition) is 6. The molecule has 0 radical (unpaired) electrons. The number of carbonyl (C=O) groups is 1. The smallest absolute Gasteiger partial charge is 0.337 e. The molecule has 0 aliphatic heterocycles. The average molecular weight is 475 g/mol. The molecule has 0 amide bonds. The first-order chi connectivity index (χ1) is 15.4. The molecule has 0 unspecified atom stereocenters. The lowest BCUT2D eigenvalue weighted by Gasteiger charge is -2.27. The summed E-state index contributed by atoms with van der Waals surface area (Å²) in [6.07, 6.45) is 2.36. The summed E-state index contributed by atoms with van der Waals surface area (Å²) in [5.41, 5.74) is 2.91. The van der Waals surface area contributed by atoms with E-state index in [1.165, 1.54) is 26.0 Å². The highest BCUT2D eigenvalue weighted by Crippen LogP contribution is 2.39. The third-order valence-electron chi connectivity index (χ3n) is 4.55. The van der Waals surface area contributed by atoms with Gasteiger partial charge in [0, 0.05) is 28.4 Å². The number of halogens is 2. The number of hydrogen-bond donors (Lipinski definition) is 0. The normalized spacial score (nSPS) is 11.7. The molecule has 0 saturated heterocycles. The van der Waals surface area contributed by atoms with Crippen molar-refractivity contribution in [1.82, 2.24) is 4.98 Å². The maximum Gasteiger partial charge on any atom is 0.337 e. The molecule has 0 spiro atoms. The van der Waals surface area contributed by atoms with Gasteiger partial charge in [-0.25, -0.2) is 9.18 Å². The molecule has 1 heterocycles. The largest absolute Gasteiger partial charge is 0.487 e. The number of esters is 1. The Labute approximate surface area is 196 Å².